The fraction of sp³-hybridized carbons (Fsp3) is 0.200. The van der Waals surface area contributed by atoms with Crippen LogP contribution in [-0.2, 0) is 0 Å². The number of thiocarbonyl (C=S) groups is 2. The van der Waals surface area contributed by atoms with Crippen LogP contribution >= 0.6 is 36.0 Å². The molecule has 7 heteroatoms. The summed E-state index contributed by atoms with van der Waals surface area (Å²) in [6, 6.07) is 7.23. The Kier molecular flexibility index (Phi) is 5.96. The third-order valence-corrected chi connectivity index (χ3v) is 2.43. The van der Waals surface area contributed by atoms with Gasteiger partial charge in [-0.15, -0.1) is 0 Å². The van der Waals surface area contributed by atoms with Crippen molar-refractivity contribution in [2.75, 3.05) is 11.9 Å². The zero-order valence-corrected chi connectivity index (χ0v) is 11.6. The Bertz CT molecular complexity index is 394. The monoisotopic (exact) mass is 288 g/mol. The molecule has 0 heterocycles. The molecule has 92 valence electrons. The zero-order valence-electron chi connectivity index (χ0n) is 9.21. The largest absolute Gasteiger partial charge is 0.362 e. The van der Waals surface area contributed by atoms with Crippen LogP contribution in [0.3, 0.4) is 0 Å². The van der Waals surface area contributed by atoms with Crippen molar-refractivity contribution in [3.8, 4) is 0 Å². The average molecular weight is 289 g/mol. The number of halogens is 1. The van der Waals surface area contributed by atoms with Gasteiger partial charge in [-0.25, -0.2) is 0 Å². The van der Waals surface area contributed by atoms with E-state index in [1.165, 1.54) is 0 Å². The Morgan fingerprint density at radius 1 is 1.12 bits per heavy atom. The molecule has 0 bridgehead atoms. The Morgan fingerprint density at radius 3 is 2.29 bits per heavy atom. The molecule has 0 saturated heterocycles. The van der Waals surface area contributed by atoms with Crippen LogP contribution in [0.2, 0.25) is 5.02 Å². The number of rotatable bonds is 2. The van der Waals surface area contributed by atoms with E-state index >= 15 is 0 Å². The minimum atomic E-state index is 0.424. The maximum atomic E-state index is 5.77. The molecule has 0 radical (unpaired) electrons. The summed E-state index contributed by atoms with van der Waals surface area (Å²) in [5, 5.41) is 7.50. The van der Waals surface area contributed by atoms with Gasteiger partial charge in [0.1, 0.15) is 0 Å². The molecule has 1 aromatic carbocycles. The third-order valence-electron chi connectivity index (χ3n) is 1.73. The minimum Gasteiger partial charge on any atom is -0.362 e. The fourth-order valence-electron chi connectivity index (χ4n) is 1.01. The lowest BCUT2D eigenvalue weighted by Crippen LogP contribution is -2.48. The van der Waals surface area contributed by atoms with Gasteiger partial charge in [-0.2, -0.15) is 0 Å². The van der Waals surface area contributed by atoms with Crippen LogP contribution in [0, 0.1) is 0 Å². The minimum absolute atomic E-state index is 0.424. The number of nitrogens with one attached hydrogen (secondary N) is 4. The van der Waals surface area contributed by atoms with Crippen molar-refractivity contribution in [1.82, 2.24) is 16.2 Å². The van der Waals surface area contributed by atoms with Crippen molar-refractivity contribution in [2.45, 2.75) is 6.92 Å². The van der Waals surface area contributed by atoms with Crippen LogP contribution < -0.4 is 21.5 Å². The van der Waals surface area contributed by atoms with E-state index in [0.29, 0.717) is 15.2 Å². The molecule has 0 saturated carbocycles. The summed E-state index contributed by atoms with van der Waals surface area (Å²) in [5.74, 6) is 0. The number of benzene rings is 1. The van der Waals surface area contributed by atoms with E-state index in [1.807, 2.05) is 19.1 Å². The highest BCUT2D eigenvalue weighted by molar-refractivity contribution is 7.80. The fourth-order valence-corrected chi connectivity index (χ4v) is 1.50. The summed E-state index contributed by atoms with van der Waals surface area (Å²) in [4.78, 5) is 0. The summed E-state index contributed by atoms with van der Waals surface area (Å²) in [7, 11) is 0. The van der Waals surface area contributed by atoms with Gasteiger partial charge < -0.3 is 10.6 Å². The molecule has 1 aromatic rings. The van der Waals surface area contributed by atoms with Gasteiger partial charge in [-0.3, -0.25) is 10.9 Å². The lowest BCUT2D eigenvalue weighted by molar-refractivity contribution is 0.825. The molecule has 1 rings (SSSR count). The normalized spacial score (nSPS) is 9.29. The lowest BCUT2D eigenvalue weighted by atomic mass is 10.3. The van der Waals surface area contributed by atoms with Crippen LogP contribution in [-0.4, -0.2) is 16.8 Å². The van der Waals surface area contributed by atoms with E-state index in [-0.39, 0.29) is 0 Å². The number of hydrazine groups is 1. The second-order valence-corrected chi connectivity index (χ2v) is 4.32. The molecule has 0 atom stereocenters. The molecule has 0 unspecified atom stereocenters. The summed E-state index contributed by atoms with van der Waals surface area (Å²) >= 11 is 15.8. The molecule has 0 aliphatic carbocycles. The van der Waals surface area contributed by atoms with Crippen molar-refractivity contribution >= 4 is 51.9 Å². The predicted molar refractivity (Wildman–Crippen MR) is 80.2 cm³/mol. The van der Waals surface area contributed by atoms with Crippen LogP contribution in [0.4, 0.5) is 5.69 Å². The lowest BCUT2D eigenvalue weighted by Gasteiger charge is -2.13. The van der Waals surface area contributed by atoms with E-state index in [4.69, 9.17) is 36.0 Å². The molecule has 0 amide bonds. The zero-order chi connectivity index (χ0) is 12.7. The average Bonchev–Trinajstić information content (AvgIpc) is 2.30. The van der Waals surface area contributed by atoms with E-state index in [1.54, 1.807) is 12.1 Å². The Balaban J connectivity index is 2.34. The molecule has 4 nitrogen and oxygen atoms in total. The summed E-state index contributed by atoms with van der Waals surface area (Å²) < 4.78 is 0. The standard InChI is InChI=1S/C10H13ClN4S2/c1-2-12-9(16)14-15-10(17)13-8-5-3-7(11)4-6-8/h3-6H,2H2,1H3,(H2,12,14,16)(H2,13,15,17). The first-order valence-corrected chi connectivity index (χ1v) is 6.17. The Hall–Kier alpha value is -1.11. The van der Waals surface area contributed by atoms with Gasteiger partial charge in [-0.1, -0.05) is 11.6 Å². The number of hydrogen-bond acceptors (Lipinski definition) is 2. The van der Waals surface area contributed by atoms with E-state index in [9.17, 15) is 0 Å². The highest BCUT2D eigenvalue weighted by Crippen LogP contribution is 2.12. The molecule has 0 aliphatic rings. The van der Waals surface area contributed by atoms with Gasteiger partial charge in [0.2, 0.25) is 0 Å². The van der Waals surface area contributed by atoms with Gasteiger partial charge in [0.15, 0.2) is 10.2 Å². The number of hydrogen-bond donors (Lipinski definition) is 4. The number of anilines is 1. The van der Waals surface area contributed by atoms with Crippen molar-refractivity contribution in [1.29, 1.82) is 0 Å². The SMILES string of the molecule is CCNC(=S)NNC(=S)Nc1ccc(Cl)cc1. The second-order valence-electron chi connectivity index (χ2n) is 3.07. The van der Waals surface area contributed by atoms with E-state index in [2.05, 4.69) is 21.5 Å². The molecule has 0 fully saturated rings. The van der Waals surface area contributed by atoms with Crippen molar-refractivity contribution < 1.29 is 0 Å². The van der Waals surface area contributed by atoms with Crippen LogP contribution in [0.5, 0.6) is 0 Å². The predicted octanol–water partition coefficient (Wildman–Crippen LogP) is 2.03. The Labute approximate surface area is 116 Å². The molecule has 0 spiro atoms. The first kappa shape index (κ1) is 14.0. The van der Waals surface area contributed by atoms with Gasteiger partial charge >= 0.3 is 0 Å². The van der Waals surface area contributed by atoms with Gasteiger partial charge in [0.25, 0.3) is 0 Å². The highest BCUT2D eigenvalue weighted by Gasteiger charge is 1.98. The third kappa shape index (κ3) is 5.67. The Morgan fingerprint density at radius 2 is 1.71 bits per heavy atom. The highest BCUT2D eigenvalue weighted by atomic mass is 35.5. The molecule has 17 heavy (non-hydrogen) atoms. The molecule has 4 N–H and O–H groups in total. The maximum Gasteiger partial charge on any atom is 0.189 e. The van der Waals surface area contributed by atoms with Gasteiger partial charge in [0.05, 0.1) is 0 Å². The van der Waals surface area contributed by atoms with Gasteiger partial charge in [-0.05, 0) is 55.6 Å². The quantitative estimate of drug-likeness (QED) is 0.493. The molecular formula is C10H13ClN4S2. The smallest absolute Gasteiger partial charge is 0.189 e. The summed E-state index contributed by atoms with van der Waals surface area (Å²) in [6.45, 7) is 2.71. The van der Waals surface area contributed by atoms with Gasteiger partial charge in [0, 0.05) is 17.3 Å². The molecule has 0 aromatic heterocycles. The second kappa shape index (κ2) is 7.26. The maximum absolute atomic E-state index is 5.77. The van der Waals surface area contributed by atoms with E-state index in [0.717, 1.165) is 12.2 Å². The summed E-state index contributed by atoms with van der Waals surface area (Å²) in [5.41, 5.74) is 6.37. The topological polar surface area (TPSA) is 48.1 Å². The molecule has 0 aliphatic heterocycles. The van der Waals surface area contributed by atoms with Crippen LogP contribution in [0.1, 0.15) is 6.92 Å². The van der Waals surface area contributed by atoms with Crippen molar-refractivity contribution in [2.24, 2.45) is 0 Å². The summed E-state index contributed by atoms with van der Waals surface area (Å²) in [6.07, 6.45) is 0. The first-order valence-electron chi connectivity index (χ1n) is 4.98. The first-order chi connectivity index (χ1) is 8.11. The van der Waals surface area contributed by atoms with Crippen LogP contribution in [0.15, 0.2) is 24.3 Å². The van der Waals surface area contributed by atoms with E-state index < -0.39 is 0 Å². The molecular weight excluding hydrogens is 276 g/mol. The van der Waals surface area contributed by atoms with Crippen LogP contribution in [0.25, 0.3) is 0 Å². The van der Waals surface area contributed by atoms with Crippen molar-refractivity contribution in [3.05, 3.63) is 29.3 Å². The van der Waals surface area contributed by atoms with Crippen molar-refractivity contribution in [3.63, 3.8) is 0 Å².